The lowest BCUT2D eigenvalue weighted by Gasteiger charge is -2.30. The topological polar surface area (TPSA) is 40.6 Å². The summed E-state index contributed by atoms with van der Waals surface area (Å²) in [7, 11) is -1.64. The van der Waals surface area contributed by atoms with Crippen molar-refractivity contribution in [2.75, 3.05) is 20.1 Å². The lowest BCUT2D eigenvalue weighted by molar-refractivity contribution is 0.314. The van der Waals surface area contributed by atoms with Crippen LogP contribution >= 0.6 is 0 Å². The summed E-state index contributed by atoms with van der Waals surface area (Å²) < 4.78 is 28.0. The van der Waals surface area contributed by atoms with Crippen LogP contribution < -0.4 is 0 Å². The molecule has 4 nitrogen and oxygen atoms in total. The molecule has 0 aromatic heterocycles. The highest BCUT2D eigenvalue weighted by atomic mass is 32.2. The number of benzene rings is 1. The highest BCUT2D eigenvalue weighted by molar-refractivity contribution is 7.86. The molecule has 1 aromatic carbocycles. The minimum Gasteiger partial charge on any atom is -0.195 e. The summed E-state index contributed by atoms with van der Waals surface area (Å²) in [5.74, 6) is 0. The third-order valence-corrected chi connectivity index (χ3v) is 5.81. The van der Waals surface area contributed by atoms with Crippen LogP contribution in [0, 0.1) is 0 Å². The van der Waals surface area contributed by atoms with Crippen LogP contribution in [0.15, 0.2) is 24.3 Å². The van der Waals surface area contributed by atoms with Gasteiger partial charge in [-0.3, -0.25) is 0 Å². The molecule has 0 spiro atoms. The molecule has 0 bridgehead atoms. The Balaban J connectivity index is 2.03. The van der Waals surface area contributed by atoms with Crippen molar-refractivity contribution >= 4 is 10.2 Å². The van der Waals surface area contributed by atoms with Crippen LogP contribution in [0.5, 0.6) is 0 Å². The maximum absolute atomic E-state index is 12.5. The van der Waals surface area contributed by atoms with Crippen molar-refractivity contribution in [3.8, 4) is 0 Å². The quantitative estimate of drug-likeness (QED) is 0.837. The molecule has 0 amide bonds. The monoisotopic (exact) mass is 296 g/mol. The Morgan fingerprint density at radius 1 is 1.05 bits per heavy atom. The van der Waals surface area contributed by atoms with Crippen LogP contribution in [0.4, 0.5) is 0 Å². The van der Waals surface area contributed by atoms with Crippen LogP contribution in [0.2, 0.25) is 0 Å². The Morgan fingerprint density at radius 2 is 1.60 bits per heavy atom. The van der Waals surface area contributed by atoms with E-state index in [1.54, 1.807) is 11.4 Å². The molecule has 20 heavy (non-hydrogen) atoms. The van der Waals surface area contributed by atoms with E-state index >= 15 is 0 Å². The zero-order valence-electron chi connectivity index (χ0n) is 12.4. The second-order valence-electron chi connectivity index (χ2n) is 5.39. The van der Waals surface area contributed by atoms with Crippen LogP contribution in [-0.2, 0) is 23.2 Å². The van der Waals surface area contributed by atoms with E-state index in [-0.39, 0.29) is 0 Å². The average Bonchev–Trinajstić information content (AvgIpc) is 2.49. The molecule has 1 aliphatic heterocycles. The van der Waals surface area contributed by atoms with E-state index in [1.165, 1.54) is 9.87 Å². The first-order valence-electron chi connectivity index (χ1n) is 7.33. The summed E-state index contributed by atoms with van der Waals surface area (Å²) in [6.07, 6.45) is 4.08. The van der Waals surface area contributed by atoms with Crippen molar-refractivity contribution in [2.24, 2.45) is 0 Å². The molecule has 0 unspecified atom stereocenters. The van der Waals surface area contributed by atoms with E-state index in [9.17, 15) is 8.42 Å². The van der Waals surface area contributed by atoms with Crippen LogP contribution in [0.1, 0.15) is 37.3 Å². The maximum atomic E-state index is 12.5. The summed E-state index contributed by atoms with van der Waals surface area (Å²) >= 11 is 0. The first-order valence-corrected chi connectivity index (χ1v) is 8.73. The lowest BCUT2D eigenvalue weighted by atomic mass is 10.1. The Bertz CT molecular complexity index is 519. The van der Waals surface area contributed by atoms with Crippen molar-refractivity contribution in [1.82, 2.24) is 8.61 Å². The zero-order chi connectivity index (χ0) is 14.6. The third kappa shape index (κ3) is 3.59. The van der Waals surface area contributed by atoms with Gasteiger partial charge in [0.05, 0.1) is 0 Å². The smallest absolute Gasteiger partial charge is 0.195 e. The second kappa shape index (κ2) is 6.70. The first-order chi connectivity index (χ1) is 9.54. The van der Waals surface area contributed by atoms with Gasteiger partial charge in [0.1, 0.15) is 0 Å². The number of nitrogens with zero attached hydrogens (tertiary/aromatic N) is 2. The Hall–Kier alpha value is -0.910. The molecule has 0 aliphatic carbocycles. The summed E-state index contributed by atoms with van der Waals surface area (Å²) in [4.78, 5) is 0. The molecule has 1 aromatic rings. The van der Waals surface area contributed by atoms with Crippen LogP contribution in [0.3, 0.4) is 0 Å². The summed E-state index contributed by atoms with van der Waals surface area (Å²) in [6, 6.07) is 8.16. The fourth-order valence-electron chi connectivity index (χ4n) is 2.51. The van der Waals surface area contributed by atoms with Crippen LogP contribution in [-0.4, -0.2) is 37.2 Å². The lowest BCUT2D eigenvalue weighted by Crippen LogP contribution is -2.43. The summed E-state index contributed by atoms with van der Waals surface area (Å²) in [5, 5.41) is 0. The van der Waals surface area contributed by atoms with E-state index < -0.39 is 10.2 Å². The van der Waals surface area contributed by atoms with Gasteiger partial charge in [-0.2, -0.15) is 17.0 Å². The van der Waals surface area contributed by atoms with Crippen molar-refractivity contribution < 1.29 is 8.42 Å². The van der Waals surface area contributed by atoms with Gasteiger partial charge in [0.15, 0.2) is 0 Å². The maximum Gasteiger partial charge on any atom is 0.282 e. The second-order valence-corrected chi connectivity index (χ2v) is 7.43. The van der Waals surface area contributed by atoms with Crippen molar-refractivity contribution in [2.45, 2.75) is 39.2 Å². The fourth-order valence-corrected chi connectivity index (χ4v) is 3.94. The predicted octanol–water partition coefficient (Wildman–Crippen LogP) is 2.41. The van der Waals surface area contributed by atoms with Gasteiger partial charge < -0.3 is 0 Å². The van der Waals surface area contributed by atoms with Gasteiger partial charge in [-0.25, -0.2) is 0 Å². The SMILES string of the molecule is CCc1ccc(CN(C)S(=O)(=O)N2CCCCC2)cc1. The van der Waals surface area contributed by atoms with Gasteiger partial charge >= 0.3 is 0 Å². The summed E-state index contributed by atoms with van der Waals surface area (Å²) in [5.41, 5.74) is 2.31. The summed E-state index contributed by atoms with van der Waals surface area (Å²) in [6.45, 7) is 3.85. The van der Waals surface area contributed by atoms with Crippen molar-refractivity contribution in [1.29, 1.82) is 0 Å². The molecular weight excluding hydrogens is 272 g/mol. The van der Waals surface area contributed by atoms with E-state index in [2.05, 4.69) is 19.1 Å². The molecule has 0 radical (unpaired) electrons. The molecular formula is C15H24N2O2S. The minimum atomic E-state index is -3.31. The van der Waals surface area contributed by atoms with E-state index in [0.717, 1.165) is 31.2 Å². The fraction of sp³-hybridized carbons (Fsp3) is 0.600. The van der Waals surface area contributed by atoms with Crippen LogP contribution in [0.25, 0.3) is 0 Å². The normalized spacial score (nSPS) is 17.6. The molecule has 2 rings (SSSR count). The highest BCUT2D eigenvalue weighted by Gasteiger charge is 2.27. The van der Waals surface area contributed by atoms with E-state index in [4.69, 9.17) is 0 Å². The van der Waals surface area contributed by atoms with E-state index in [0.29, 0.717) is 19.6 Å². The van der Waals surface area contributed by atoms with Gasteiger partial charge in [-0.15, -0.1) is 0 Å². The number of hydrogen-bond donors (Lipinski definition) is 0. The number of hydrogen-bond acceptors (Lipinski definition) is 2. The molecule has 1 aliphatic rings. The number of rotatable bonds is 5. The molecule has 1 saturated heterocycles. The predicted molar refractivity (Wildman–Crippen MR) is 81.6 cm³/mol. The van der Waals surface area contributed by atoms with E-state index in [1.807, 2.05) is 12.1 Å². The van der Waals surface area contributed by atoms with Gasteiger partial charge in [-0.1, -0.05) is 37.6 Å². The highest BCUT2D eigenvalue weighted by Crippen LogP contribution is 2.17. The van der Waals surface area contributed by atoms with Crippen molar-refractivity contribution in [3.63, 3.8) is 0 Å². The molecule has 0 atom stereocenters. The molecule has 0 saturated carbocycles. The average molecular weight is 296 g/mol. The molecule has 5 heteroatoms. The standard InChI is InChI=1S/C15H24N2O2S/c1-3-14-7-9-15(10-8-14)13-16(2)20(18,19)17-11-5-4-6-12-17/h7-10H,3-6,11-13H2,1-2H3. The largest absolute Gasteiger partial charge is 0.282 e. The molecule has 1 heterocycles. The first kappa shape index (κ1) is 15.5. The molecule has 0 N–H and O–H groups in total. The number of aryl methyl sites for hydroxylation is 1. The minimum absolute atomic E-state index is 0.433. The van der Waals surface area contributed by atoms with Gasteiger partial charge in [0, 0.05) is 26.7 Å². The molecule has 1 fully saturated rings. The van der Waals surface area contributed by atoms with Crippen molar-refractivity contribution in [3.05, 3.63) is 35.4 Å². The van der Waals surface area contributed by atoms with Gasteiger partial charge in [-0.05, 0) is 30.4 Å². The third-order valence-electron chi connectivity index (χ3n) is 3.87. The van der Waals surface area contributed by atoms with Gasteiger partial charge in [0.2, 0.25) is 0 Å². The number of piperidine rings is 1. The molecule has 112 valence electrons. The Labute approximate surface area is 122 Å². The van der Waals surface area contributed by atoms with Gasteiger partial charge in [0.25, 0.3) is 10.2 Å². The Kier molecular flexibility index (Phi) is 5.18. The Morgan fingerprint density at radius 3 is 2.15 bits per heavy atom. The zero-order valence-corrected chi connectivity index (χ0v) is 13.2.